The summed E-state index contributed by atoms with van der Waals surface area (Å²) in [7, 11) is 0. The maximum absolute atomic E-state index is 11.8. The lowest BCUT2D eigenvalue weighted by molar-refractivity contribution is -0.454. The third kappa shape index (κ3) is 2.26. The van der Waals surface area contributed by atoms with Crippen LogP contribution in [0.25, 0.3) is 0 Å². The van der Waals surface area contributed by atoms with E-state index < -0.39 is 11.4 Å². The third-order valence-corrected chi connectivity index (χ3v) is 2.71. The van der Waals surface area contributed by atoms with Crippen LogP contribution in [0, 0.1) is 0 Å². The van der Waals surface area contributed by atoms with Gasteiger partial charge >= 0.3 is 5.97 Å². The number of carbonyl (C=O) groups excluding carboxylic acids is 1. The fourth-order valence-corrected chi connectivity index (χ4v) is 1.83. The summed E-state index contributed by atoms with van der Waals surface area (Å²) in [6.07, 6.45) is 0.492. The van der Waals surface area contributed by atoms with E-state index in [4.69, 9.17) is 14.5 Å². The fourth-order valence-electron chi connectivity index (χ4n) is 1.83. The van der Waals surface area contributed by atoms with Gasteiger partial charge in [0.1, 0.15) is 0 Å². The first kappa shape index (κ1) is 13.1. The minimum atomic E-state index is -1.12. The van der Waals surface area contributed by atoms with Crippen molar-refractivity contribution < 1.29 is 19.3 Å². The van der Waals surface area contributed by atoms with E-state index in [0.717, 1.165) is 5.56 Å². The maximum Gasteiger partial charge on any atom is 0.341 e. The minimum absolute atomic E-state index is 0.370. The average Bonchev–Trinajstić information content (AvgIpc) is 2.61. The van der Waals surface area contributed by atoms with Crippen LogP contribution in [-0.4, -0.2) is 11.6 Å². The molecule has 1 atom stereocenters. The van der Waals surface area contributed by atoms with E-state index in [0.29, 0.717) is 12.0 Å². The van der Waals surface area contributed by atoms with Crippen LogP contribution in [0.3, 0.4) is 0 Å². The molecule has 0 amide bonds. The van der Waals surface area contributed by atoms with Crippen molar-refractivity contribution in [3.8, 4) is 0 Å². The number of rotatable bonds is 3. The highest BCUT2D eigenvalue weighted by Gasteiger charge is 2.47. The predicted octanol–water partition coefficient (Wildman–Crippen LogP) is 3.17. The van der Waals surface area contributed by atoms with Gasteiger partial charge in [-0.2, -0.15) is 4.89 Å². The molecule has 0 N–H and O–H groups in total. The molecule has 1 aromatic carbocycles. The summed E-state index contributed by atoms with van der Waals surface area (Å²) in [5.74, 6) is -1.49. The molecule has 98 valence electrons. The molecule has 0 radical (unpaired) electrons. The molecule has 4 nitrogen and oxygen atoms in total. The molecule has 1 aliphatic rings. The SMILES string of the molecule is CCC1(OOC(C)(C)C)OC(=O)c2ccccc21. The van der Waals surface area contributed by atoms with E-state index >= 15 is 0 Å². The van der Waals surface area contributed by atoms with Gasteiger partial charge in [0, 0.05) is 12.0 Å². The van der Waals surface area contributed by atoms with Crippen LogP contribution in [0.1, 0.15) is 50.0 Å². The normalized spacial score (nSPS) is 22.8. The van der Waals surface area contributed by atoms with Crippen LogP contribution >= 0.6 is 0 Å². The molecule has 1 heterocycles. The van der Waals surface area contributed by atoms with Crippen molar-refractivity contribution in [1.82, 2.24) is 0 Å². The molecular weight excluding hydrogens is 232 g/mol. The van der Waals surface area contributed by atoms with E-state index in [9.17, 15) is 4.79 Å². The largest absolute Gasteiger partial charge is 0.422 e. The average molecular weight is 250 g/mol. The fraction of sp³-hybridized carbons (Fsp3) is 0.500. The highest BCUT2D eigenvalue weighted by Crippen LogP contribution is 2.40. The lowest BCUT2D eigenvalue weighted by Crippen LogP contribution is -2.33. The number of cyclic esters (lactones) is 1. The highest BCUT2D eigenvalue weighted by atomic mass is 17.2. The molecule has 18 heavy (non-hydrogen) atoms. The number of benzene rings is 1. The van der Waals surface area contributed by atoms with Crippen LogP contribution in [-0.2, 0) is 20.3 Å². The van der Waals surface area contributed by atoms with Crippen molar-refractivity contribution in [2.24, 2.45) is 0 Å². The van der Waals surface area contributed by atoms with Crippen molar-refractivity contribution in [2.75, 3.05) is 0 Å². The number of hydrogen-bond acceptors (Lipinski definition) is 4. The first-order valence-electron chi connectivity index (χ1n) is 6.08. The first-order chi connectivity index (χ1) is 8.38. The van der Waals surface area contributed by atoms with E-state index in [1.54, 1.807) is 12.1 Å². The number of fused-ring (bicyclic) bond motifs is 1. The summed E-state index contributed by atoms with van der Waals surface area (Å²) >= 11 is 0. The monoisotopic (exact) mass is 250 g/mol. The van der Waals surface area contributed by atoms with Gasteiger partial charge in [-0.25, -0.2) is 9.68 Å². The van der Waals surface area contributed by atoms with Crippen LogP contribution in [0.5, 0.6) is 0 Å². The third-order valence-electron chi connectivity index (χ3n) is 2.71. The van der Waals surface area contributed by atoms with E-state index in [-0.39, 0.29) is 5.97 Å². The molecule has 4 heteroatoms. The van der Waals surface area contributed by atoms with Gasteiger partial charge in [-0.05, 0) is 26.8 Å². The van der Waals surface area contributed by atoms with Gasteiger partial charge in [0.25, 0.3) is 5.79 Å². The van der Waals surface area contributed by atoms with Crippen LogP contribution in [0.15, 0.2) is 24.3 Å². The Labute approximate surface area is 107 Å². The lowest BCUT2D eigenvalue weighted by atomic mass is 10.0. The molecule has 1 aromatic rings. The molecule has 1 unspecified atom stereocenters. The second kappa shape index (κ2) is 4.37. The molecule has 0 fully saturated rings. The number of hydrogen-bond donors (Lipinski definition) is 0. The smallest absolute Gasteiger partial charge is 0.341 e. The summed E-state index contributed by atoms with van der Waals surface area (Å²) in [4.78, 5) is 22.6. The van der Waals surface area contributed by atoms with Crippen molar-refractivity contribution in [1.29, 1.82) is 0 Å². The molecule has 0 saturated carbocycles. The zero-order chi connectivity index (χ0) is 13.4. The molecule has 0 saturated heterocycles. The molecular formula is C14H18O4. The highest BCUT2D eigenvalue weighted by molar-refractivity contribution is 5.94. The van der Waals surface area contributed by atoms with Gasteiger partial charge in [0.15, 0.2) is 0 Å². The van der Waals surface area contributed by atoms with E-state index in [1.807, 2.05) is 39.8 Å². The Morgan fingerprint density at radius 2 is 1.94 bits per heavy atom. The molecule has 1 aliphatic heterocycles. The van der Waals surface area contributed by atoms with Gasteiger partial charge in [-0.15, -0.1) is 0 Å². The first-order valence-corrected chi connectivity index (χ1v) is 6.08. The van der Waals surface area contributed by atoms with Crippen molar-refractivity contribution in [2.45, 2.75) is 45.5 Å². The Balaban J connectivity index is 2.32. The second-order valence-electron chi connectivity index (χ2n) is 5.32. The van der Waals surface area contributed by atoms with Crippen LogP contribution in [0.4, 0.5) is 0 Å². The van der Waals surface area contributed by atoms with Gasteiger partial charge < -0.3 is 4.74 Å². The standard InChI is InChI=1S/C14H18O4/c1-5-14(18-17-13(2,3)4)11-9-7-6-8-10(11)12(15)16-14/h6-9H,5H2,1-4H3. The minimum Gasteiger partial charge on any atom is -0.422 e. The molecule has 2 rings (SSSR count). The zero-order valence-electron chi connectivity index (χ0n) is 11.1. The lowest BCUT2D eigenvalue weighted by Gasteiger charge is -2.29. The quantitative estimate of drug-likeness (QED) is 0.469. The Morgan fingerprint density at radius 1 is 1.28 bits per heavy atom. The van der Waals surface area contributed by atoms with Gasteiger partial charge in [-0.1, -0.05) is 25.1 Å². The zero-order valence-corrected chi connectivity index (χ0v) is 11.1. The van der Waals surface area contributed by atoms with Crippen molar-refractivity contribution in [3.63, 3.8) is 0 Å². The summed E-state index contributed by atoms with van der Waals surface area (Å²) in [6, 6.07) is 7.22. The van der Waals surface area contributed by atoms with Crippen LogP contribution in [0.2, 0.25) is 0 Å². The molecule has 0 aliphatic carbocycles. The number of esters is 1. The van der Waals surface area contributed by atoms with Gasteiger partial charge in [0.2, 0.25) is 0 Å². The maximum atomic E-state index is 11.8. The van der Waals surface area contributed by atoms with Crippen molar-refractivity contribution in [3.05, 3.63) is 35.4 Å². The van der Waals surface area contributed by atoms with Gasteiger partial charge in [-0.3, -0.25) is 0 Å². The van der Waals surface area contributed by atoms with Crippen molar-refractivity contribution >= 4 is 5.97 Å². The summed E-state index contributed by atoms with van der Waals surface area (Å²) in [6.45, 7) is 7.51. The summed E-state index contributed by atoms with van der Waals surface area (Å²) in [5, 5.41) is 0. The summed E-state index contributed by atoms with van der Waals surface area (Å²) in [5.41, 5.74) is 0.796. The Bertz CT molecular complexity index is 461. The van der Waals surface area contributed by atoms with E-state index in [2.05, 4.69) is 0 Å². The predicted molar refractivity (Wildman–Crippen MR) is 65.7 cm³/mol. The van der Waals surface area contributed by atoms with Gasteiger partial charge in [0.05, 0.1) is 11.2 Å². The Morgan fingerprint density at radius 3 is 2.56 bits per heavy atom. The number of carbonyl (C=O) groups is 1. The molecule has 0 aromatic heterocycles. The van der Waals surface area contributed by atoms with E-state index in [1.165, 1.54) is 0 Å². The molecule has 0 spiro atoms. The summed E-state index contributed by atoms with van der Waals surface area (Å²) < 4.78 is 5.38. The molecule has 0 bridgehead atoms. The topological polar surface area (TPSA) is 44.8 Å². The Hall–Kier alpha value is -1.39. The number of ether oxygens (including phenoxy) is 1. The Kier molecular flexibility index (Phi) is 3.17. The van der Waals surface area contributed by atoms with Crippen LogP contribution < -0.4 is 0 Å². The second-order valence-corrected chi connectivity index (χ2v) is 5.32.